The van der Waals surface area contributed by atoms with Crippen LogP contribution < -0.4 is 10.2 Å². The fraction of sp³-hybridized carbons (Fsp3) is 0.312. The van der Waals surface area contributed by atoms with E-state index in [-0.39, 0.29) is 6.10 Å². The number of fused-ring (bicyclic) bond motifs is 1. The van der Waals surface area contributed by atoms with Crippen LogP contribution >= 0.6 is 0 Å². The van der Waals surface area contributed by atoms with E-state index in [0.29, 0.717) is 5.95 Å². The van der Waals surface area contributed by atoms with E-state index in [1.807, 2.05) is 36.5 Å². The van der Waals surface area contributed by atoms with Gasteiger partial charge >= 0.3 is 0 Å². The normalized spacial score (nSPS) is 16.0. The molecule has 0 aliphatic carbocycles. The van der Waals surface area contributed by atoms with E-state index in [1.165, 1.54) is 0 Å². The summed E-state index contributed by atoms with van der Waals surface area (Å²) in [5.41, 5.74) is 1.65. The minimum atomic E-state index is -0.173. The summed E-state index contributed by atoms with van der Waals surface area (Å²) in [6.45, 7) is 1.68. The van der Waals surface area contributed by atoms with Crippen LogP contribution in [0.2, 0.25) is 0 Å². The summed E-state index contributed by atoms with van der Waals surface area (Å²) in [4.78, 5) is 11.1. The van der Waals surface area contributed by atoms with Crippen LogP contribution in [0, 0.1) is 0 Å². The van der Waals surface area contributed by atoms with Crippen LogP contribution in [0.3, 0.4) is 0 Å². The van der Waals surface area contributed by atoms with Crippen molar-refractivity contribution in [1.29, 1.82) is 0 Å². The number of rotatable bonds is 3. The average Bonchev–Trinajstić information content (AvgIpc) is 2.98. The molecule has 0 aromatic carbocycles. The number of nitrogens with zero attached hydrogens (tertiary/aromatic N) is 5. The molecule has 0 amide bonds. The van der Waals surface area contributed by atoms with Gasteiger partial charge in [-0.25, -0.2) is 9.50 Å². The first-order chi connectivity index (χ1) is 11.3. The van der Waals surface area contributed by atoms with Crippen molar-refractivity contribution in [3.8, 4) is 0 Å². The fourth-order valence-electron chi connectivity index (χ4n) is 2.76. The summed E-state index contributed by atoms with van der Waals surface area (Å²) in [6.07, 6.45) is 5.07. The minimum absolute atomic E-state index is 0.173. The first-order valence-corrected chi connectivity index (χ1v) is 7.75. The first kappa shape index (κ1) is 14.0. The van der Waals surface area contributed by atoms with Crippen LogP contribution in [0.15, 0.2) is 42.7 Å². The summed E-state index contributed by atoms with van der Waals surface area (Å²) < 4.78 is 1.73. The summed E-state index contributed by atoms with van der Waals surface area (Å²) in [6, 6.07) is 9.70. The third-order valence-electron chi connectivity index (χ3n) is 4.03. The lowest BCUT2D eigenvalue weighted by Crippen LogP contribution is -2.36. The molecule has 7 nitrogen and oxygen atoms in total. The number of aliphatic hydroxyl groups excluding tert-OH is 1. The maximum Gasteiger partial charge on any atom is 0.247 e. The highest BCUT2D eigenvalue weighted by molar-refractivity contribution is 5.56. The summed E-state index contributed by atoms with van der Waals surface area (Å²) in [5, 5.41) is 17.1. The summed E-state index contributed by atoms with van der Waals surface area (Å²) in [5.74, 6) is 1.48. The van der Waals surface area contributed by atoms with E-state index >= 15 is 0 Å². The third-order valence-corrected chi connectivity index (χ3v) is 4.03. The highest BCUT2D eigenvalue weighted by Gasteiger charge is 2.17. The predicted molar refractivity (Wildman–Crippen MR) is 88.0 cm³/mol. The molecule has 1 fully saturated rings. The van der Waals surface area contributed by atoms with Gasteiger partial charge in [0.1, 0.15) is 5.82 Å². The van der Waals surface area contributed by atoms with Gasteiger partial charge in [0.05, 0.1) is 18.0 Å². The van der Waals surface area contributed by atoms with Crippen molar-refractivity contribution in [2.45, 2.75) is 18.9 Å². The van der Waals surface area contributed by atoms with Gasteiger partial charge in [0.25, 0.3) is 0 Å². The Hall–Kier alpha value is -2.67. The van der Waals surface area contributed by atoms with Gasteiger partial charge in [-0.1, -0.05) is 6.07 Å². The summed E-state index contributed by atoms with van der Waals surface area (Å²) >= 11 is 0. The molecule has 0 bridgehead atoms. The molecule has 3 aromatic heterocycles. The largest absolute Gasteiger partial charge is 0.393 e. The number of nitrogens with one attached hydrogen (secondary N) is 1. The summed E-state index contributed by atoms with van der Waals surface area (Å²) in [7, 11) is 0. The SMILES string of the molecule is OC1CCN(c2ccc(Nc3nc4ccccn4n3)cn2)CC1. The van der Waals surface area contributed by atoms with Crippen molar-refractivity contribution in [3.05, 3.63) is 42.7 Å². The van der Waals surface area contributed by atoms with Gasteiger partial charge in [0.2, 0.25) is 5.95 Å². The van der Waals surface area contributed by atoms with Crippen LogP contribution in [-0.4, -0.2) is 43.9 Å². The zero-order chi connectivity index (χ0) is 15.6. The molecule has 0 unspecified atom stereocenters. The molecule has 0 saturated carbocycles. The molecule has 0 atom stereocenters. The second-order valence-corrected chi connectivity index (χ2v) is 5.69. The Morgan fingerprint density at radius 3 is 2.74 bits per heavy atom. The van der Waals surface area contributed by atoms with Crippen molar-refractivity contribution in [2.75, 3.05) is 23.3 Å². The molecule has 3 aromatic rings. The van der Waals surface area contributed by atoms with Crippen LogP contribution in [0.1, 0.15) is 12.8 Å². The lowest BCUT2D eigenvalue weighted by Gasteiger charge is -2.30. The van der Waals surface area contributed by atoms with Gasteiger partial charge in [-0.15, -0.1) is 5.10 Å². The molecule has 1 aliphatic heterocycles. The van der Waals surface area contributed by atoms with Crippen LogP contribution in [0.4, 0.5) is 17.5 Å². The Morgan fingerprint density at radius 1 is 1.13 bits per heavy atom. The number of aromatic nitrogens is 4. The molecular formula is C16H18N6O. The number of hydrogen-bond donors (Lipinski definition) is 2. The number of hydrogen-bond acceptors (Lipinski definition) is 6. The predicted octanol–water partition coefficient (Wildman–Crippen LogP) is 1.83. The van der Waals surface area contributed by atoms with E-state index in [2.05, 4.69) is 25.3 Å². The highest BCUT2D eigenvalue weighted by atomic mass is 16.3. The number of aliphatic hydroxyl groups is 1. The average molecular weight is 310 g/mol. The molecule has 2 N–H and O–H groups in total. The van der Waals surface area contributed by atoms with Crippen LogP contribution in [0.5, 0.6) is 0 Å². The van der Waals surface area contributed by atoms with Gasteiger partial charge < -0.3 is 15.3 Å². The molecule has 0 radical (unpaired) electrons. The highest BCUT2D eigenvalue weighted by Crippen LogP contribution is 2.20. The molecule has 23 heavy (non-hydrogen) atoms. The van der Waals surface area contributed by atoms with Crippen LogP contribution in [0.25, 0.3) is 5.65 Å². The molecule has 118 valence electrons. The Kier molecular flexibility index (Phi) is 3.55. The minimum Gasteiger partial charge on any atom is -0.393 e. The molecule has 7 heteroatoms. The number of piperidine rings is 1. The fourth-order valence-corrected chi connectivity index (χ4v) is 2.76. The Morgan fingerprint density at radius 2 is 2.00 bits per heavy atom. The zero-order valence-electron chi connectivity index (χ0n) is 12.6. The van der Waals surface area contributed by atoms with E-state index in [0.717, 1.165) is 43.1 Å². The first-order valence-electron chi connectivity index (χ1n) is 7.75. The van der Waals surface area contributed by atoms with Crippen molar-refractivity contribution in [1.82, 2.24) is 19.6 Å². The van der Waals surface area contributed by atoms with Crippen molar-refractivity contribution in [2.24, 2.45) is 0 Å². The molecule has 1 aliphatic rings. The molecule has 4 heterocycles. The second-order valence-electron chi connectivity index (χ2n) is 5.69. The quantitative estimate of drug-likeness (QED) is 0.768. The molecular weight excluding hydrogens is 292 g/mol. The second kappa shape index (κ2) is 5.85. The zero-order valence-corrected chi connectivity index (χ0v) is 12.6. The van der Waals surface area contributed by atoms with E-state index in [9.17, 15) is 5.11 Å². The van der Waals surface area contributed by atoms with Gasteiger partial charge in [-0.3, -0.25) is 0 Å². The van der Waals surface area contributed by atoms with Gasteiger partial charge in [0.15, 0.2) is 5.65 Å². The lowest BCUT2D eigenvalue weighted by molar-refractivity contribution is 0.145. The maximum absolute atomic E-state index is 9.57. The standard InChI is InChI=1S/C16H18N6O/c23-13-6-9-21(10-7-13)14-5-4-12(11-17-14)18-16-19-15-3-1-2-8-22(15)20-16/h1-5,8,11,13,23H,6-7,9-10H2,(H,18,20). The number of anilines is 3. The van der Waals surface area contributed by atoms with E-state index in [4.69, 9.17) is 0 Å². The van der Waals surface area contributed by atoms with Crippen LogP contribution in [-0.2, 0) is 0 Å². The van der Waals surface area contributed by atoms with Crippen molar-refractivity contribution in [3.63, 3.8) is 0 Å². The van der Waals surface area contributed by atoms with Crippen molar-refractivity contribution < 1.29 is 5.11 Å². The molecule has 0 spiro atoms. The van der Waals surface area contributed by atoms with E-state index in [1.54, 1.807) is 10.7 Å². The monoisotopic (exact) mass is 310 g/mol. The Balaban J connectivity index is 1.47. The molecule has 4 rings (SSSR count). The Bertz CT molecular complexity index is 759. The van der Waals surface area contributed by atoms with Gasteiger partial charge in [0, 0.05) is 19.3 Å². The maximum atomic E-state index is 9.57. The smallest absolute Gasteiger partial charge is 0.247 e. The van der Waals surface area contributed by atoms with Gasteiger partial charge in [-0.2, -0.15) is 4.98 Å². The van der Waals surface area contributed by atoms with Gasteiger partial charge in [-0.05, 0) is 37.1 Å². The third kappa shape index (κ3) is 2.95. The topological polar surface area (TPSA) is 78.6 Å². The Labute approximate surface area is 133 Å². The molecule has 1 saturated heterocycles. The lowest BCUT2D eigenvalue weighted by atomic mass is 10.1. The van der Waals surface area contributed by atoms with E-state index < -0.39 is 0 Å². The number of pyridine rings is 2. The van der Waals surface area contributed by atoms with Crippen molar-refractivity contribution >= 4 is 23.1 Å².